The van der Waals surface area contributed by atoms with E-state index in [-0.39, 0.29) is 30.5 Å². The van der Waals surface area contributed by atoms with Crippen LogP contribution >= 0.6 is 11.3 Å². The number of rotatable bonds is 6. The number of ketones is 1. The number of aliphatic hydroxyl groups excluding tert-OH is 1. The highest BCUT2D eigenvalue weighted by atomic mass is 32.1. The van der Waals surface area contributed by atoms with Crippen LogP contribution < -0.4 is 4.90 Å². The summed E-state index contributed by atoms with van der Waals surface area (Å²) in [6.07, 6.45) is 4.60. The van der Waals surface area contributed by atoms with Crippen LogP contribution in [-0.4, -0.2) is 48.9 Å². The lowest BCUT2D eigenvalue weighted by Gasteiger charge is -2.41. The quantitative estimate of drug-likeness (QED) is 0.504. The van der Waals surface area contributed by atoms with Gasteiger partial charge in [-0.15, -0.1) is 0 Å². The molecule has 38 heavy (non-hydrogen) atoms. The Morgan fingerprint density at radius 3 is 2.39 bits per heavy atom. The van der Waals surface area contributed by atoms with E-state index >= 15 is 0 Å². The third kappa shape index (κ3) is 4.51. The van der Waals surface area contributed by atoms with Gasteiger partial charge in [-0.1, -0.05) is 25.1 Å². The molecule has 0 saturated carbocycles. The van der Waals surface area contributed by atoms with Gasteiger partial charge < -0.3 is 19.3 Å². The zero-order valence-corrected chi connectivity index (χ0v) is 23.1. The fraction of sp³-hybridized carbons (Fsp3) is 0.400. The zero-order valence-electron chi connectivity index (χ0n) is 22.3. The monoisotopic (exact) mass is 535 g/mol. The summed E-state index contributed by atoms with van der Waals surface area (Å²) >= 11 is 1.61. The number of carbonyl (C=O) groups is 2. The molecule has 1 amide bonds. The number of carbonyl (C=O) groups excluding carboxylic acids is 2. The van der Waals surface area contributed by atoms with E-state index in [4.69, 9.17) is 14.2 Å². The minimum atomic E-state index is -1.07. The van der Waals surface area contributed by atoms with E-state index in [9.17, 15) is 14.7 Å². The van der Waals surface area contributed by atoms with Crippen molar-refractivity contribution in [2.75, 3.05) is 25.2 Å². The molecule has 3 aliphatic rings. The van der Waals surface area contributed by atoms with Gasteiger partial charge in [-0.3, -0.25) is 14.5 Å². The summed E-state index contributed by atoms with van der Waals surface area (Å²) in [5.74, 6) is -1.79. The number of thiophene rings is 1. The number of ether oxygens (including phenoxy) is 3. The normalized spacial score (nSPS) is 24.8. The number of hydrogen-bond donors (Lipinski definition) is 1. The van der Waals surface area contributed by atoms with Gasteiger partial charge in [0, 0.05) is 11.3 Å². The van der Waals surface area contributed by atoms with Gasteiger partial charge in [0.15, 0.2) is 17.3 Å². The maximum Gasteiger partial charge on any atom is 0.294 e. The Labute approximate surface area is 227 Å². The first kappa shape index (κ1) is 26.4. The lowest BCUT2D eigenvalue weighted by atomic mass is 9.76. The average Bonchev–Trinajstić information content (AvgIpc) is 3.53. The number of benzene rings is 1. The number of anilines is 1. The first-order valence-electron chi connectivity index (χ1n) is 12.7. The van der Waals surface area contributed by atoms with Gasteiger partial charge in [0.2, 0.25) is 0 Å². The highest BCUT2D eigenvalue weighted by Gasteiger charge is 2.53. The molecule has 200 valence electrons. The molecule has 2 aromatic rings. The van der Waals surface area contributed by atoms with Gasteiger partial charge in [-0.05, 0) is 79.3 Å². The van der Waals surface area contributed by atoms with Gasteiger partial charge in [0.1, 0.15) is 5.76 Å². The van der Waals surface area contributed by atoms with Crippen LogP contribution in [0.1, 0.15) is 34.1 Å². The average molecular weight is 536 g/mol. The number of Topliss-reactive ketones (excluding diaryl/α,β-unsaturated/α-hetero) is 1. The van der Waals surface area contributed by atoms with Gasteiger partial charge >= 0.3 is 0 Å². The number of aliphatic hydroxyl groups is 1. The number of amides is 1. The Hall–Kier alpha value is -3.20. The van der Waals surface area contributed by atoms with E-state index < -0.39 is 28.9 Å². The maximum atomic E-state index is 14.2. The fourth-order valence-electron chi connectivity index (χ4n) is 5.28. The molecule has 5 rings (SSSR count). The first-order chi connectivity index (χ1) is 18.1. The lowest BCUT2D eigenvalue weighted by Crippen LogP contribution is -2.51. The SMILES string of the molecule is COC1=C(C2C(C(=O)C3(C)COC(C)(C)OC3)=C(O)C(=O)N2c2ccc(-c3ccsc3)cc2)C(C)CC=C1. The molecule has 8 heteroatoms. The summed E-state index contributed by atoms with van der Waals surface area (Å²) in [7, 11) is 1.58. The number of nitrogens with zero attached hydrogens (tertiary/aromatic N) is 1. The Morgan fingerprint density at radius 1 is 1.11 bits per heavy atom. The summed E-state index contributed by atoms with van der Waals surface area (Å²) in [6, 6.07) is 8.80. The third-order valence-corrected chi connectivity index (χ3v) is 8.25. The molecular weight excluding hydrogens is 502 g/mol. The molecule has 1 aromatic carbocycles. The second-order valence-electron chi connectivity index (χ2n) is 10.8. The van der Waals surface area contributed by atoms with Crippen molar-refractivity contribution in [3.63, 3.8) is 0 Å². The van der Waals surface area contributed by atoms with Crippen molar-refractivity contribution in [2.24, 2.45) is 11.3 Å². The largest absolute Gasteiger partial charge is 0.503 e. The van der Waals surface area contributed by atoms with Crippen molar-refractivity contribution in [3.8, 4) is 11.1 Å². The molecular formula is C30H33NO6S. The molecule has 0 radical (unpaired) electrons. The van der Waals surface area contributed by atoms with Gasteiger partial charge in [0.25, 0.3) is 5.91 Å². The van der Waals surface area contributed by atoms with E-state index in [2.05, 4.69) is 5.38 Å². The zero-order chi connectivity index (χ0) is 27.2. The molecule has 2 atom stereocenters. The minimum absolute atomic E-state index is 0.0281. The molecule has 0 bridgehead atoms. The smallest absolute Gasteiger partial charge is 0.294 e. The summed E-state index contributed by atoms with van der Waals surface area (Å²) in [5.41, 5.74) is 2.45. The molecule has 0 spiro atoms. The minimum Gasteiger partial charge on any atom is -0.503 e. The third-order valence-electron chi connectivity index (χ3n) is 7.57. The van der Waals surface area contributed by atoms with Crippen LogP contribution in [0.3, 0.4) is 0 Å². The molecule has 2 unspecified atom stereocenters. The second-order valence-corrected chi connectivity index (χ2v) is 11.6. The molecule has 1 fully saturated rings. The summed E-state index contributed by atoms with van der Waals surface area (Å²) < 4.78 is 17.4. The number of methoxy groups -OCH3 is 1. The van der Waals surface area contributed by atoms with E-state index in [1.807, 2.05) is 54.8 Å². The summed E-state index contributed by atoms with van der Waals surface area (Å²) in [4.78, 5) is 29.4. The van der Waals surface area contributed by atoms with E-state index in [1.54, 1.807) is 39.2 Å². The molecule has 7 nitrogen and oxygen atoms in total. The fourth-order valence-corrected chi connectivity index (χ4v) is 5.95. The van der Waals surface area contributed by atoms with E-state index in [0.29, 0.717) is 11.4 Å². The van der Waals surface area contributed by atoms with Crippen molar-refractivity contribution >= 4 is 28.7 Å². The highest BCUT2D eigenvalue weighted by Crippen LogP contribution is 2.44. The van der Waals surface area contributed by atoms with Crippen LogP contribution in [0, 0.1) is 11.3 Å². The molecule has 1 N–H and O–H groups in total. The summed E-state index contributed by atoms with van der Waals surface area (Å²) in [6.45, 7) is 7.59. The highest BCUT2D eigenvalue weighted by molar-refractivity contribution is 7.08. The van der Waals surface area contributed by atoms with Crippen LogP contribution in [0.15, 0.2) is 75.9 Å². The van der Waals surface area contributed by atoms with Crippen LogP contribution in [-0.2, 0) is 23.8 Å². The van der Waals surface area contributed by atoms with Crippen LogP contribution in [0.5, 0.6) is 0 Å². The van der Waals surface area contributed by atoms with Crippen molar-refractivity contribution in [2.45, 2.75) is 45.9 Å². The Balaban J connectivity index is 1.61. The topological polar surface area (TPSA) is 85.3 Å². The van der Waals surface area contributed by atoms with Crippen LogP contribution in [0.4, 0.5) is 5.69 Å². The summed E-state index contributed by atoms with van der Waals surface area (Å²) in [5, 5.41) is 15.3. The van der Waals surface area contributed by atoms with Gasteiger partial charge in [-0.2, -0.15) is 11.3 Å². The lowest BCUT2D eigenvalue weighted by molar-refractivity contribution is -0.276. The number of allylic oxidation sites excluding steroid dienone is 2. The van der Waals surface area contributed by atoms with Gasteiger partial charge in [0.05, 0.1) is 37.4 Å². The van der Waals surface area contributed by atoms with Crippen LogP contribution in [0.25, 0.3) is 11.1 Å². The first-order valence-corrected chi connectivity index (χ1v) is 13.7. The maximum absolute atomic E-state index is 14.2. The standard InChI is InChI=1S/C30H33NO6S/c1-18-7-6-8-22(35-5)23(18)25-24(27(33)30(4)16-36-29(2,3)37-17-30)26(32)28(34)31(25)21-11-9-19(10-12-21)20-13-14-38-15-20/h6,8-15,18,25,32H,7,16-17H2,1-5H3. The predicted molar refractivity (Wildman–Crippen MR) is 147 cm³/mol. The van der Waals surface area contributed by atoms with Crippen LogP contribution in [0.2, 0.25) is 0 Å². The van der Waals surface area contributed by atoms with E-state index in [0.717, 1.165) is 23.1 Å². The predicted octanol–water partition coefficient (Wildman–Crippen LogP) is 5.80. The molecule has 1 saturated heterocycles. The second kappa shape index (κ2) is 9.84. The Kier molecular flexibility index (Phi) is 6.84. The van der Waals surface area contributed by atoms with E-state index in [1.165, 1.54) is 4.90 Å². The molecule has 1 aliphatic carbocycles. The van der Waals surface area contributed by atoms with Gasteiger partial charge in [-0.25, -0.2) is 0 Å². The molecule has 2 aliphatic heterocycles. The molecule has 1 aromatic heterocycles. The molecule has 3 heterocycles. The Morgan fingerprint density at radius 2 is 1.79 bits per heavy atom. The van der Waals surface area contributed by atoms with Crippen molar-refractivity contribution in [1.82, 2.24) is 0 Å². The van der Waals surface area contributed by atoms with Crippen molar-refractivity contribution < 1.29 is 28.9 Å². The van der Waals surface area contributed by atoms with Crippen molar-refractivity contribution in [1.29, 1.82) is 0 Å². The number of hydrogen-bond acceptors (Lipinski definition) is 7. The Bertz CT molecular complexity index is 1330. The van der Waals surface area contributed by atoms with Crippen molar-refractivity contribution in [3.05, 3.63) is 75.9 Å².